The van der Waals surface area contributed by atoms with Crippen LogP contribution in [0.15, 0.2) is 53.2 Å². The van der Waals surface area contributed by atoms with Crippen molar-refractivity contribution < 1.29 is 6.53 Å². The van der Waals surface area contributed by atoms with Gasteiger partial charge in [-0.2, -0.15) is 0 Å². The van der Waals surface area contributed by atoms with Gasteiger partial charge in [-0.05, 0) is 83.4 Å². The molecule has 1 heterocycles. The molecular formula is C30H50N4O. The fourth-order valence-corrected chi connectivity index (χ4v) is 5.83. The molecule has 4 aliphatic rings. The average molecular weight is 483 g/mol. The van der Waals surface area contributed by atoms with Crippen molar-refractivity contribution in [2.75, 3.05) is 19.6 Å². The fourth-order valence-electron chi connectivity index (χ4n) is 5.83. The number of rotatable bonds is 7. The Kier molecular flexibility index (Phi) is 10.1. The number of nitrogens with zero attached hydrogens (tertiary/aromatic N) is 3. The quantitative estimate of drug-likeness (QED) is 0.345. The van der Waals surface area contributed by atoms with Crippen molar-refractivity contribution in [3.63, 3.8) is 0 Å². The Morgan fingerprint density at radius 2 is 1.94 bits per heavy atom. The molecule has 0 aromatic carbocycles. The lowest BCUT2D eigenvalue weighted by Crippen LogP contribution is -2.39. The van der Waals surface area contributed by atoms with Crippen LogP contribution in [-0.2, 0) is 0 Å². The third kappa shape index (κ3) is 8.08. The lowest BCUT2D eigenvalue weighted by atomic mass is 9.95. The highest BCUT2D eigenvalue weighted by molar-refractivity contribution is 5.82. The highest BCUT2D eigenvalue weighted by Crippen LogP contribution is 2.47. The van der Waals surface area contributed by atoms with E-state index in [0.29, 0.717) is 12.1 Å². The number of fused-ring (bicyclic) bond motifs is 1. The molecule has 4 unspecified atom stereocenters. The van der Waals surface area contributed by atoms with Crippen LogP contribution in [0.3, 0.4) is 0 Å². The van der Waals surface area contributed by atoms with Gasteiger partial charge in [0.2, 0.25) is 6.35 Å². The zero-order chi connectivity index (χ0) is 24.5. The standard InChI is InChI=1S/C30H48N4O.H2/c1-3-4-5-6-10-19-33-21-18-24(2)34(23-26-14-11-13-25-22-28(25)26)20-12-17-29(32-30(33)35)31-27-15-8-7-9-16-27;/h3-4,10-11,13-14,19,24-25,27-28,30,35H,5-9,12,15-18,20-23H2,1-2H3,(H,31,32);1H/b4-3-,19-10+;. The Hall–Kier alpha value is -1.85. The maximum absolute atomic E-state index is 11.1. The molecular weight excluding hydrogens is 432 g/mol. The van der Waals surface area contributed by atoms with Crippen molar-refractivity contribution in [1.29, 1.82) is 0 Å². The van der Waals surface area contributed by atoms with Crippen LogP contribution in [0.5, 0.6) is 0 Å². The third-order valence-corrected chi connectivity index (χ3v) is 8.23. The first-order valence-corrected chi connectivity index (χ1v) is 14.3. The lowest BCUT2D eigenvalue weighted by molar-refractivity contribution is 0.0400. The van der Waals surface area contributed by atoms with E-state index in [1.54, 1.807) is 5.57 Å². The van der Waals surface area contributed by atoms with Gasteiger partial charge >= 0.3 is 0 Å². The molecule has 4 atom stereocenters. The summed E-state index contributed by atoms with van der Waals surface area (Å²) in [7, 11) is 0. The third-order valence-electron chi connectivity index (χ3n) is 8.23. The molecule has 5 nitrogen and oxygen atoms in total. The molecule has 196 valence electrons. The molecule has 4 rings (SSSR count). The summed E-state index contributed by atoms with van der Waals surface area (Å²) in [6.07, 6.45) is 27.5. The average Bonchev–Trinajstić information content (AvgIpc) is 3.66. The summed E-state index contributed by atoms with van der Waals surface area (Å²) in [6, 6.07) is 0.976. The fraction of sp³-hybridized carbons (Fsp3) is 0.700. The summed E-state index contributed by atoms with van der Waals surface area (Å²) >= 11 is 0. The van der Waals surface area contributed by atoms with Crippen LogP contribution in [0.1, 0.15) is 85.9 Å². The number of aliphatic hydroxyl groups is 1. The predicted molar refractivity (Wildman–Crippen MR) is 149 cm³/mol. The molecule has 2 saturated carbocycles. The first kappa shape index (κ1) is 26.2. The van der Waals surface area contributed by atoms with Gasteiger partial charge in [-0.3, -0.25) is 4.90 Å². The van der Waals surface area contributed by atoms with E-state index in [0.717, 1.165) is 69.4 Å². The molecule has 0 spiro atoms. The predicted octanol–water partition coefficient (Wildman–Crippen LogP) is 6.01. The zero-order valence-corrected chi connectivity index (χ0v) is 22.1. The van der Waals surface area contributed by atoms with Crippen molar-refractivity contribution in [2.45, 2.75) is 103 Å². The van der Waals surface area contributed by atoms with E-state index in [4.69, 9.17) is 4.99 Å². The maximum atomic E-state index is 11.1. The van der Waals surface area contributed by atoms with Gasteiger partial charge in [0.25, 0.3) is 0 Å². The van der Waals surface area contributed by atoms with Crippen LogP contribution in [-0.4, -0.2) is 58.8 Å². The number of hydrogen-bond acceptors (Lipinski definition) is 5. The van der Waals surface area contributed by atoms with Gasteiger partial charge in [0.05, 0.1) is 0 Å². The number of unbranched alkanes of at least 4 members (excludes halogenated alkanes) is 1. The second-order valence-electron chi connectivity index (χ2n) is 11.0. The van der Waals surface area contributed by atoms with Crippen LogP contribution in [0.4, 0.5) is 0 Å². The van der Waals surface area contributed by atoms with E-state index in [1.807, 2.05) is 4.90 Å². The normalized spacial score (nSPS) is 32.7. The summed E-state index contributed by atoms with van der Waals surface area (Å²) in [5, 5.41) is 14.9. The Labute approximate surface area is 215 Å². The lowest BCUT2D eigenvalue weighted by Gasteiger charge is -2.32. The van der Waals surface area contributed by atoms with Gasteiger partial charge in [0, 0.05) is 33.0 Å². The van der Waals surface area contributed by atoms with Crippen LogP contribution in [0, 0.1) is 11.8 Å². The molecule has 0 aromatic rings. The highest BCUT2D eigenvalue weighted by Gasteiger charge is 2.39. The van der Waals surface area contributed by atoms with Crippen LogP contribution in [0.2, 0.25) is 0 Å². The highest BCUT2D eigenvalue weighted by atomic mass is 16.3. The summed E-state index contributed by atoms with van der Waals surface area (Å²) < 4.78 is 0. The summed E-state index contributed by atoms with van der Waals surface area (Å²) in [4.78, 5) is 9.56. The van der Waals surface area contributed by atoms with Crippen molar-refractivity contribution in [2.24, 2.45) is 16.8 Å². The van der Waals surface area contributed by atoms with E-state index >= 15 is 0 Å². The molecule has 2 fully saturated rings. The topological polar surface area (TPSA) is 51.1 Å². The first-order chi connectivity index (χ1) is 17.1. The van der Waals surface area contributed by atoms with Crippen molar-refractivity contribution in [3.05, 3.63) is 48.2 Å². The smallest absolute Gasteiger partial charge is 0.226 e. The van der Waals surface area contributed by atoms with Gasteiger partial charge in [-0.15, -0.1) is 0 Å². The molecule has 0 bridgehead atoms. The second kappa shape index (κ2) is 13.5. The minimum absolute atomic E-state index is 0. The second-order valence-corrected chi connectivity index (χ2v) is 11.0. The number of hydrogen-bond donors (Lipinski definition) is 2. The minimum atomic E-state index is -0.823. The SMILES string of the molecule is C/C=C\CC/C=C/N1CCC(C)N(CC2=CC=CC3CC23)CCC/C(NC2CCCCC2)=N\C1O.[HH]. The van der Waals surface area contributed by atoms with E-state index in [-0.39, 0.29) is 1.43 Å². The molecule has 3 aliphatic carbocycles. The number of nitrogens with one attached hydrogen (secondary N) is 1. The van der Waals surface area contributed by atoms with Gasteiger partial charge in [0.15, 0.2) is 0 Å². The van der Waals surface area contributed by atoms with Gasteiger partial charge in [-0.25, -0.2) is 4.99 Å². The molecule has 0 radical (unpaired) electrons. The largest absolute Gasteiger partial charge is 0.371 e. The van der Waals surface area contributed by atoms with Crippen molar-refractivity contribution in [3.8, 4) is 0 Å². The summed E-state index contributed by atoms with van der Waals surface area (Å²) in [6.45, 7) is 7.40. The molecule has 35 heavy (non-hydrogen) atoms. The van der Waals surface area contributed by atoms with E-state index in [2.05, 4.69) is 66.7 Å². The maximum Gasteiger partial charge on any atom is 0.226 e. The molecule has 2 N–H and O–H groups in total. The molecule has 0 amide bonds. The molecule has 5 heteroatoms. The zero-order valence-electron chi connectivity index (χ0n) is 22.1. The Morgan fingerprint density at radius 1 is 1.11 bits per heavy atom. The monoisotopic (exact) mass is 482 g/mol. The molecule has 1 aliphatic heterocycles. The van der Waals surface area contributed by atoms with Crippen LogP contribution in [0.25, 0.3) is 0 Å². The molecule has 0 aromatic heterocycles. The van der Waals surface area contributed by atoms with E-state index in [9.17, 15) is 5.11 Å². The Morgan fingerprint density at radius 3 is 2.77 bits per heavy atom. The van der Waals surface area contributed by atoms with Crippen molar-refractivity contribution in [1.82, 2.24) is 15.1 Å². The van der Waals surface area contributed by atoms with E-state index in [1.165, 1.54) is 38.5 Å². The van der Waals surface area contributed by atoms with Gasteiger partial charge in [-0.1, -0.05) is 61.3 Å². The van der Waals surface area contributed by atoms with Crippen LogP contribution < -0.4 is 5.32 Å². The number of aliphatic hydroxyl groups excluding tert-OH is 1. The van der Waals surface area contributed by atoms with E-state index < -0.39 is 6.35 Å². The number of amidine groups is 1. The van der Waals surface area contributed by atoms with Gasteiger partial charge in [0.1, 0.15) is 5.84 Å². The van der Waals surface area contributed by atoms with Crippen molar-refractivity contribution >= 4 is 5.84 Å². The minimum Gasteiger partial charge on any atom is -0.371 e. The Bertz CT molecular complexity index is 814. The number of allylic oxidation sites excluding steroid dienone is 6. The van der Waals surface area contributed by atoms with Gasteiger partial charge < -0.3 is 15.3 Å². The number of aliphatic imine (C=N–C) groups is 1. The van der Waals surface area contributed by atoms with Crippen LogP contribution >= 0.6 is 0 Å². The Balaban J connectivity index is 0.00000361. The summed E-state index contributed by atoms with van der Waals surface area (Å²) in [5.41, 5.74) is 1.62. The molecule has 0 saturated heterocycles. The summed E-state index contributed by atoms with van der Waals surface area (Å²) in [5.74, 6) is 2.58. The first-order valence-electron chi connectivity index (χ1n) is 14.3.